The summed E-state index contributed by atoms with van der Waals surface area (Å²) >= 11 is 0. The molecule has 5 heteroatoms. The normalized spacial score (nSPS) is 14.0. The van der Waals surface area contributed by atoms with Crippen LogP contribution in [0, 0.1) is 13.8 Å². The first-order valence-electron chi connectivity index (χ1n) is 10.2. The third kappa shape index (κ3) is 5.67. The molecule has 3 rings (SSSR count). The number of carbonyl (C=O) groups is 2. The zero-order valence-electron chi connectivity index (χ0n) is 17.6. The van der Waals surface area contributed by atoms with Gasteiger partial charge in [0, 0.05) is 50.8 Å². The molecule has 2 aromatic rings. The van der Waals surface area contributed by atoms with Crippen LogP contribution in [0.15, 0.2) is 42.5 Å². The van der Waals surface area contributed by atoms with E-state index >= 15 is 0 Å². The maximum Gasteiger partial charge on any atom is 0.223 e. The maximum atomic E-state index is 12.5. The van der Waals surface area contributed by atoms with Crippen molar-refractivity contribution < 1.29 is 14.3 Å². The third-order valence-electron chi connectivity index (χ3n) is 5.42. The van der Waals surface area contributed by atoms with Crippen molar-refractivity contribution in [2.45, 2.75) is 33.2 Å². The number of ether oxygens (including phenoxy) is 1. The van der Waals surface area contributed by atoms with E-state index in [4.69, 9.17) is 4.74 Å². The van der Waals surface area contributed by atoms with Crippen LogP contribution >= 0.6 is 0 Å². The van der Waals surface area contributed by atoms with Gasteiger partial charge in [0.25, 0.3) is 0 Å². The van der Waals surface area contributed by atoms with Gasteiger partial charge in [-0.1, -0.05) is 29.8 Å². The fourth-order valence-corrected chi connectivity index (χ4v) is 3.58. The minimum absolute atomic E-state index is 0.0130. The molecule has 0 N–H and O–H groups in total. The molecule has 0 radical (unpaired) electrons. The number of aryl methyl sites for hydroxylation is 2. The minimum atomic E-state index is -0.0130. The number of amides is 1. The lowest BCUT2D eigenvalue weighted by Gasteiger charge is -2.29. The summed E-state index contributed by atoms with van der Waals surface area (Å²) < 4.78 is 5.39. The second kappa shape index (κ2) is 9.70. The zero-order valence-corrected chi connectivity index (χ0v) is 17.6. The zero-order chi connectivity index (χ0) is 20.8. The number of anilines is 1. The van der Waals surface area contributed by atoms with Crippen molar-refractivity contribution in [3.05, 3.63) is 64.7 Å². The van der Waals surface area contributed by atoms with Gasteiger partial charge in [-0.3, -0.25) is 9.59 Å². The van der Waals surface area contributed by atoms with Gasteiger partial charge >= 0.3 is 0 Å². The van der Waals surface area contributed by atoms with E-state index in [0.717, 1.165) is 48.6 Å². The molecule has 0 saturated carbocycles. The summed E-state index contributed by atoms with van der Waals surface area (Å²) in [6, 6.07) is 14.2. The molecule has 1 fully saturated rings. The Morgan fingerprint density at radius 1 is 1.00 bits per heavy atom. The Balaban J connectivity index is 1.51. The standard InChI is InChI=1S/C24H30N2O3/c1-18-4-5-19(2)22(16-18)23(27)10-11-24(28)25(3)17-20-6-8-21(9-7-20)26-12-14-29-15-13-26/h4-9,16H,10-15,17H2,1-3H3. The number of rotatable bonds is 7. The smallest absolute Gasteiger partial charge is 0.223 e. The van der Waals surface area contributed by atoms with Crippen molar-refractivity contribution in [2.24, 2.45) is 0 Å². The van der Waals surface area contributed by atoms with E-state index in [1.807, 2.05) is 32.0 Å². The number of hydrogen-bond donors (Lipinski definition) is 0. The minimum Gasteiger partial charge on any atom is -0.378 e. The summed E-state index contributed by atoms with van der Waals surface area (Å²) in [7, 11) is 1.79. The predicted molar refractivity (Wildman–Crippen MR) is 115 cm³/mol. The average Bonchev–Trinajstić information content (AvgIpc) is 2.74. The second-order valence-electron chi connectivity index (χ2n) is 7.76. The number of ketones is 1. The van der Waals surface area contributed by atoms with Crippen molar-refractivity contribution >= 4 is 17.4 Å². The molecule has 0 aliphatic carbocycles. The van der Waals surface area contributed by atoms with Crippen LogP contribution in [0.3, 0.4) is 0 Å². The summed E-state index contributed by atoms with van der Waals surface area (Å²) in [5, 5.41) is 0. The molecule has 154 valence electrons. The first-order chi connectivity index (χ1) is 13.9. The Labute approximate surface area is 173 Å². The van der Waals surface area contributed by atoms with Crippen LogP contribution in [0.1, 0.15) is 39.9 Å². The van der Waals surface area contributed by atoms with Gasteiger partial charge in [0.1, 0.15) is 0 Å². The number of hydrogen-bond acceptors (Lipinski definition) is 4. The molecule has 1 aliphatic heterocycles. The molecule has 1 aliphatic rings. The quantitative estimate of drug-likeness (QED) is 0.671. The highest BCUT2D eigenvalue weighted by Gasteiger charge is 2.15. The van der Waals surface area contributed by atoms with E-state index in [0.29, 0.717) is 6.54 Å². The monoisotopic (exact) mass is 394 g/mol. The summed E-state index contributed by atoms with van der Waals surface area (Å²) in [6.07, 6.45) is 0.470. The molecule has 29 heavy (non-hydrogen) atoms. The Kier molecular flexibility index (Phi) is 7.04. The van der Waals surface area contributed by atoms with Crippen LogP contribution in [0.5, 0.6) is 0 Å². The summed E-state index contributed by atoms with van der Waals surface area (Å²) in [4.78, 5) is 29.0. The van der Waals surface area contributed by atoms with Gasteiger partial charge in [0.15, 0.2) is 5.78 Å². The lowest BCUT2D eigenvalue weighted by Crippen LogP contribution is -2.36. The highest BCUT2D eigenvalue weighted by Crippen LogP contribution is 2.18. The van der Waals surface area contributed by atoms with Gasteiger partial charge in [-0.25, -0.2) is 0 Å². The van der Waals surface area contributed by atoms with Gasteiger partial charge in [-0.15, -0.1) is 0 Å². The summed E-state index contributed by atoms with van der Waals surface area (Å²) in [5.41, 5.74) is 5.01. The molecule has 0 aromatic heterocycles. The lowest BCUT2D eigenvalue weighted by atomic mass is 9.99. The SMILES string of the molecule is Cc1ccc(C)c(C(=O)CCC(=O)N(C)Cc2ccc(N3CCOCC3)cc2)c1. The number of carbonyl (C=O) groups excluding carboxylic acids is 2. The van der Waals surface area contributed by atoms with Crippen molar-refractivity contribution in [2.75, 3.05) is 38.3 Å². The number of benzene rings is 2. The van der Waals surface area contributed by atoms with Gasteiger partial charge < -0.3 is 14.5 Å². The van der Waals surface area contributed by atoms with Crippen molar-refractivity contribution in [1.82, 2.24) is 4.90 Å². The average molecular weight is 395 g/mol. The molecule has 1 saturated heterocycles. The van der Waals surface area contributed by atoms with Gasteiger partial charge in [0.2, 0.25) is 5.91 Å². The molecule has 0 bridgehead atoms. The lowest BCUT2D eigenvalue weighted by molar-refractivity contribution is -0.130. The molecule has 2 aromatic carbocycles. The van der Waals surface area contributed by atoms with E-state index < -0.39 is 0 Å². The van der Waals surface area contributed by atoms with E-state index in [2.05, 4.69) is 29.2 Å². The number of morpholine rings is 1. The van der Waals surface area contributed by atoms with Gasteiger partial charge in [0.05, 0.1) is 13.2 Å². The third-order valence-corrected chi connectivity index (χ3v) is 5.42. The van der Waals surface area contributed by atoms with Crippen LogP contribution in [0.25, 0.3) is 0 Å². The highest BCUT2D eigenvalue weighted by molar-refractivity contribution is 5.99. The highest BCUT2D eigenvalue weighted by atomic mass is 16.5. The first kappa shape index (κ1) is 21.1. The van der Waals surface area contributed by atoms with Gasteiger partial charge in [-0.05, 0) is 43.2 Å². The van der Waals surface area contributed by atoms with E-state index in [1.54, 1.807) is 11.9 Å². The summed E-state index contributed by atoms with van der Waals surface area (Å²) in [5.74, 6) is 0.0173. The van der Waals surface area contributed by atoms with Crippen molar-refractivity contribution in [3.63, 3.8) is 0 Å². The predicted octanol–water partition coefficient (Wildman–Crippen LogP) is 3.76. The Hall–Kier alpha value is -2.66. The molecule has 0 unspecified atom stereocenters. The van der Waals surface area contributed by atoms with Crippen LogP contribution in [0.2, 0.25) is 0 Å². The van der Waals surface area contributed by atoms with E-state index in [-0.39, 0.29) is 24.5 Å². The Morgan fingerprint density at radius 3 is 2.38 bits per heavy atom. The molecule has 5 nitrogen and oxygen atoms in total. The van der Waals surface area contributed by atoms with Crippen LogP contribution in [-0.2, 0) is 16.1 Å². The molecule has 0 spiro atoms. The van der Waals surface area contributed by atoms with Crippen molar-refractivity contribution in [3.8, 4) is 0 Å². The fourth-order valence-electron chi connectivity index (χ4n) is 3.58. The first-order valence-corrected chi connectivity index (χ1v) is 10.2. The fraction of sp³-hybridized carbons (Fsp3) is 0.417. The van der Waals surface area contributed by atoms with Crippen LogP contribution in [-0.4, -0.2) is 49.9 Å². The Morgan fingerprint density at radius 2 is 1.69 bits per heavy atom. The Bertz CT molecular complexity index is 855. The van der Waals surface area contributed by atoms with Gasteiger partial charge in [-0.2, -0.15) is 0 Å². The van der Waals surface area contributed by atoms with E-state index in [1.165, 1.54) is 5.69 Å². The van der Waals surface area contributed by atoms with Crippen LogP contribution in [0.4, 0.5) is 5.69 Å². The summed E-state index contributed by atoms with van der Waals surface area (Å²) in [6.45, 7) is 7.79. The number of nitrogens with zero attached hydrogens (tertiary/aromatic N) is 2. The molecule has 0 atom stereocenters. The van der Waals surface area contributed by atoms with Crippen LogP contribution < -0.4 is 4.90 Å². The molecule has 1 heterocycles. The number of Topliss-reactive ketones (excluding diaryl/α,β-unsaturated/α-hetero) is 1. The molecular weight excluding hydrogens is 364 g/mol. The maximum absolute atomic E-state index is 12.5. The topological polar surface area (TPSA) is 49.9 Å². The van der Waals surface area contributed by atoms with Crippen molar-refractivity contribution in [1.29, 1.82) is 0 Å². The molecule has 1 amide bonds. The largest absolute Gasteiger partial charge is 0.378 e. The van der Waals surface area contributed by atoms with E-state index in [9.17, 15) is 9.59 Å². The second-order valence-corrected chi connectivity index (χ2v) is 7.76. The molecular formula is C24H30N2O3.